The van der Waals surface area contributed by atoms with Crippen molar-refractivity contribution >= 4 is 18.3 Å². The van der Waals surface area contributed by atoms with Crippen molar-refractivity contribution in [3.63, 3.8) is 0 Å². The molecule has 3 fully saturated rings. The van der Waals surface area contributed by atoms with Gasteiger partial charge in [-0.15, -0.1) is 12.4 Å². The van der Waals surface area contributed by atoms with Gasteiger partial charge in [0.1, 0.15) is 0 Å². The summed E-state index contributed by atoms with van der Waals surface area (Å²) in [5.74, 6) is -2.23. The molecule has 22 heavy (non-hydrogen) atoms. The molecule has 0 radical (unpaired) electrons. The van der Waals surface area contributed by atoms with E-state index in [1.54, 1.807) is 0 Å². The highest BCUT2D eigenvalue weighted by Gasteiger charge is 2.38. The first kappa shape index (κ1) is 17.9. The third-order valence-corrected chi connectivity index (χ3v) is 5.19. The van der Waals surface area contributed by atoms with Crippen molar-refractivity contribution in [3.8, 4) is 0 Å². The topological polar surface area (TPSA) is 35.6 Å². The highest BCUT2D eigenvalue weighted by molar-refractivity contribution is 5.85. The molecule has 2 aliphatic heterocycles. The molecular weight excluding hydrogens is 312 g/mol. The molecule has 2 saturated heterocycles. The van der Waals surface area contributed by atoms with Crippen LogP contribution in [0.25, 0.3) is 0 Å². The first-order valence-electron chi connectivity index (χ1n) is 8.19. The molecule has 0 aromatic heterocycles. The van der Waals surface area contributed by atoms with Crippen LogP contribution in [-0.4, -0.2) is 66.4 Å². The maximum Gasteiger partial charge on any atom is 0.248 e. The zero-order valence-corrected chi connectivity index (χ0v) is 13.7. The van der Waals surface area contributed by atoms with Crippen LogP contribution in [0.3, 0.4) is 0 Å². The summed E-state index contributed by atoms with van der Waals surface area (Å²) in [7, 11) is 0. The van der Waals surface area contributed by atoms with Gasteiger partial charge in [0, 0.05) is 45.1 Å². The lowest BCUT2D eigenvalue weighted by molar-refractivity contribution is -0.135. The molecule has 128 valence electrons. The number of amides is 1. The van der Waals surface area contributed by atoms with Gasteiger partial charge in [-0.05, 0) is 32.2 Å². The number of carbonyl (C=O) groups excluding carboxylic acids is 1. The molecule has 4 nitrogen and oxygen atoms in total. The van der Waals surface area contributed by atoms with Crippen molar-refractivity contribution < 1.29 is 13.6 Å². The van der Waals surface area contributed by atoms with Gasteiger partial charge in [-0.1, -0.05) is 0 Å². The smallest absolute Gasteiger partial charge is 0.248 e. The lowest BCUT2D eigenvalue weighted by atomic mass is 9.91. The van der Waals surface area contributed by atoms with Crippen molar-refractivity contribution in [1.29, 1.82) is 0 Å². The predicted molar refractivity (Wildman–Crippen MR) is 83.6 cm³/mol. The van der Waals surface area contributed by atoms with E-state index in [4.69, 9.17) is 0 Å². The van der Waals surface area contributed by atoms with E-state index in [-0.39, 0.29) is 43.2 Å². The summed E-state index contributed by atoms with van der Waals surface area (Å²) in [5.41, 5.74) is 0. The molecule has 1 unspecified atom stereocenters. The van der Waals surface area contributed by atoms with Crippen molar-refractivity contribution in [1.82, 2.24) is 15.1 Å². The predicted octanol–water partition coefficient (Wildman–Crippen LogP) is 1.88. The van der Waals surface area contributed by atoms with Gasteiger partial charge in [0.25, 0.3) is 0 Å². The van der Waals surface area contributed by atoms with E-state index in [2.05, 4.69) is 10.2 Å². The first-order chi connectivity index (χ1) is 10.1. The minimum Gasteiger partial charge on any atom is -0.339 e. The standard InChI is InChI=1S/C15H25F2N3O.ClH/c16-15(17)5-3-12(4-6-15)19-8-10-20(11-9-19)14(21)13-2-1-7-18-13;/h12-13,18H,1-11H2;1H. The SMILES string of the molecule is Cl.O=C(C1CCCN1)N1CCN(C2CCC(F)(F)CC2)CC1. The summed E-state index contributed by atoms with van der Waals surface area (Å²) in [5, 5.41) is 3.25. The van der Waals surface area contributed by atoms with Crippen LogP contribution in [0.15, 0.2) is 0 Å². The third-order valence-electron chi connectivity index (χ3n) is 5.19. The van der Waals surface area contributed by atoms with Gasteiger partial charge in [-0.3, -0.25) is 9.69 Å². The van der Waals surface area contributed by atoms with Crippen LogP contribution in [0.5, 0.6) is 0 Å². The Labute approximate surface area is 137 Å². The minimum atomic E-state index is -2.46. The Kier molecular flexibility index (Phi) is 6.02. The van der Waals surface area contributed by atoms with Crippen LogP contribution in [0.1, 0.15) is 38.5 Å². The van der Waals surface area contributed by atoms with Gasteiger partial charge in [0.05, 0.1) is 6.04 Å². The zero-order valence-electron chi connectivity index (χ0n) is 12.9. The van der Waals surface area contributed by atoms with Gasteiger partial charge in [0.15, 0.2) is 0 Å². The monoisotopic (exact) mass is 337 g/mol. The normalized spacial score (nSPS) is 30.1. The summed E-state index contributed by atoms with van der Waals surface area (Å²) < 4.78 is 26.4. The second-order valence-corrected chi connectivity index (χ2v) is 6.60. The van der Waals surface area contributed by atoms with Crippen LogP contribution in [0.2, 0.25) is 0 Å². The molecule has 1 aliphatic carbocycles. The number of hydrogen-bond acceptors (Lipinski definition) is 3. The maximum absolute atomic E-state index is 13.2. The third kappa shape index (κ3) is 4.09. The lowest BCUT2D eigenvalue weighted by Crippen LogP contribution is -2.55. The van der Waals surface area contributed by atoms with Crippen molar-refractivity contribution in [2.75, 3.05) is 32.7 Å². The van der Waals surface area contributed by atoms with Gasteiger partial charge >= 0.3 is 0 Å². The molecule has 3 rings (SSSR count). The number of alkyl halides is 2. The Bertz CT molecular complexity index is 373. The fraction of sp³-hybridized carbons (Fsp3) is 0.933. The first-order valence-corrected chi connectivity index (χ1v) is 8.19. The summed E-state index contributed by atoms with van der Waals surface area (Å²) in [6.45, 7) is 4.07. The fourth-order valence-electron chi connectivity index (χ4n) is 3.81. The Balaban J connectivity index is 0.00000176. The Morgan fingerprint density at radius 1 is 1.05 bits per heavy atom. The minimum absolute atomic E-state index is 0. The summed E-state index contributed by atoms with van der Waals surface area (Å²) in [4.78, 5) is 16.6. The fourth-order valence-corrected chi connectivity index (χ4v) is 3.81. The highest BCUT2D eigenvalue weighted by Crippen LogP contribution is 2.35. The van der Waals surface area contributed by atoms with Gasteiger partial charge in [0.2, 0.25) is 11.8 Å². The Morgan fingerprint density at radius 3 is 2.23 bits per heavy atom. The molecule has 0 bridgehead atoms. The number of carbonyl (C=O) groups is 1. The highest BCUT2D eigenvalue weighted by atomic mass is 35.5. The largest absolute Gasteiger partial charge is 0.339 e. The second-order valence-electron chi connectivity index (χ2n) is 6.60. The number of nitrogens with one attached hydrogen (secondary N) is 1. The molecule has 7 heteroatoms. The van der Waals surface area contributed by atoms with E-state index in [0.717, 1.165) is 45.6 Å². The van der Waals surface area contributed by atoms with Crippen LogP contribution in [-0.2, 0) is 4.79 Å². The number of hydrogen-bond donors (Lipinski definition) is 1. The van der Waals surface area contributed by atoms with Crippen molar-refractivity contribution in [2.45, 2.75) is 56.5 Å². The molecule has 0 spiro atoms. The Morgan fingerprint density at radius 2 is 1.68 bits per heavy atom. The van der Waals surface area contributed by atoms with E-state index in [1.807, 2.05) is 4.90 Å². The average Bonchev–Trinajstić information content (AvgIpc) is 3.01. The van der Waals surface area contributed by atoms with E-state index in [1.165, 1.54) is 0 Å². The van der Waals surface area contributed by atoms with Gasteiger partial charge in [-0.25, -0.2) is 8.78 Å². The maximum atomic E-state index is 13.2. The zero-order chi connectivity index (χ0) is 14.9. The summed E-state index contributed by atoms with van der Waals surface area (Å²) >= 11 is 0. The van der Waals surface area contributed by atoms with Gasteiger partial charge in [-0.2, -0.15) is 0 Å². The molecule has 1 amide bonds. The van der Waals surface area contributed by atoms with Crippen LogP contribution in [0.4, 0.5) is 8.78 Å². The van der Waals surface area contributed by atoms with Crippen LogP contribution >= 0.6 is 12.4 Å². The summed E-state index contributed by atoms with van der Waals surface area (Å²) in [6, 6.07) is 0.288. The molecular formula is C15H26ClF2N3O. The molecule has 1 saturated carbocycles. The van der Waals surface area contributed by atoms with Crippen LogP contribution < -0.4 is 5.32 Å². The van der Waals surface area contributed by atoms with E-state index in [0.29, 0.717) is 12.8 Å². The molecule has 0 aromatic carbocycles. The van der Waals surface area contributed by atoms with E-state index >= 15 is 0 Å². The lowest BCUT2D eigenvalue weighted by Gasteiger charge is -2.42. The molecule has 0 aromatic rings. The number of rotatable bonds is 2. The van der Waals surface area contributed by atoms with Crippen molar-refractivity contribution in [3.05, 3.63) is 0 Å². The quantitative estimate of drug-likeness (QED) is 0.835. The van der Waals surface area contributed by atoms with Gasteiger partial charge < -0.3 is 10.2 Å². The molecule has 3 aliphatic rings. The summed E-state index contributed by atoms with van der Waals surface area (Å²) in [6.07, 6.45) is 3.23. The number of halogens is 3. The van der Waals surface area contributed by atoms with E-state index < -0.39 is 5.92 Å². The number of piperazine rings is 1. The average molecular weight is 338 g/mol. The number of nitrogens with zero attached hydrogens (tertiary/aromatic N) is 2. The van der Waals surface area contributed by atoms with Crippen LogP contribution in [0, 0.1) is 0 Å². The Hall–Kier alpha value is -0.460. The van der Waals surface area contributed by atoms with Crippen molar-refractivity contribution in [2.24, 2.45) is 0 Å². The molecule has 1 atom stereocenters. The molecule has 1 N–H and O–H groups in total. The molecule has 2 heterocycles. The second kappa shape index (κ2) is 7.41. The van der Waals surface area contributed by atoms with E-state index in [9.17, 15) is 13.6 Å².